The van der Waals surface area contributed by atoms with Crippen molar-refractivity contribution in [3.05, 3.63) is 36.2 Å². The third-order valence-corrected chi connectivity index (χ3v) is 7.86. The molecule has 3 aliphatic rings. The van der Waals surface area contributed by atoms with Crippen LogP contribution in [0.2, 0.25) is 0 Å². The van der Waals surface area contributed by atoms with Crippen molar-refractivity contribution in [3.63, 3.8) is 0 Å². The number of aliphatic hydroxyl groups is 1. The fourth-order valence-corrected chi connectivity index (χ4v) is 5.55. The van der Waals surface area contributed by atoms with Crippen LogP contribution in [0.4, 0.5) is 5.69 Å². The van der Waals surface area contributed by atoms with E-state index in [9.17, 15) is 14.7 Å². The summed E-state index contributed by atoms with van der Waals surface area (Å²) < 4.78 is 8.44. The van der Waals surface area contributed by atoms with Gasteiger partial charge in [-0.25, -0.2) is 9.97 Å². The first-order valence-corrected chi connectivity index (χ1v) is 13.2. The lowest BCUT2D eigenvalue weighted by Crippen LogP contribution is -2.37. The Hall–Kier alpha value is -3.46. The summed E-state index contributed by atoms with van der Waals surface area (Å²) in [6.07, 6.45) is 5.97. The van der Waals surface area contributed by atoms with Gasteiger partial charge in [0.25, 0.3) is 0 Å². The molecule has 4 heterocycles. The Balaban J connectivity index is 1.35. The second-order valence-electron chi connectivity index (χ2n) is 11.0. The van der Waals surface area contributed by atoms with Gasteiger partial charge >= 0.3 is 0 Å². The first-order valence-electron chi connectivity index (χ1n) is 13.2. The number of nitrogens with one attached hydrogen (secondary N) is 1. The van der Waals surface area contributed by atoms with Crippen molar-refractivity contribution < 1.29 is 19.4 Å². The number of anilines is 1. The minimum absolute atomic E-state index is 0.0346. The molecule has 9 nitrogen and oxygen atoms in total. The number of carbonyl (C=O) groups excluding carboxylic acids is 2. The second-order valence-corrected chi connectivity index (χ2v) is 11.0. The summed E-state index contributed by atoms with van der Waals surface area (Å²) in [6, 6.07) is 8.47. The van der Waals surface area contributed by atoms with E-state index in [4.69, 9.17) is 9.72 Å². The molecule has 1 saturated heterocycles. The Bertz CT molecular complexity index is 1380. The minimum Gasteiger partial charge on any atom is -0.476 e. The van der Waals surface area contributed by atoms with Crippen LogP contribution >= 0.6 is 0 Å². The molecule has 3 aromatic rings. The maximum absolute atomic E-state index is 13.2. The first-order chi connectivity index (χ1) is 17.9. The molecule has 37 heavy (non-hydrogen) atoms. The van der Waals surface area contributed by atoms with Crippen LogP contribution in [-0.4, -0.2) is 57.8 Å². The van der Waals surface area contributed by atoms with E-state index in [1.165, 1.54) is 0 Å². The largest absolute Gasteiger partial charge is 0.476 e. The van der Waals surface area contributed by atoms with Gasteiger partial charge in [-0.05, 0) is 63.1 Å². The molecule has 0 unspecified atom stereocenters. The number of benzene rings is 1. The Kier molecular flexibility index (Phi) is 5.90. The highest BCUT2D eigenvalue weighted by molar-refractivity contribution is 6.08. The van der Waals surface area contributed by atoms with E-state index in [0.29, 0.717) is 44.5 Å². The van der Waals surface area contributed by atoms with Gasteiger partial charge in [-0.2, -0.15) is 0 Å². The molecule has 0 spiro atoms. The van der Waals surface area contributed by atoms with E-state index in [-0.39, 0.29) is 24.3 Å². The molecule has 0 bridgehead atoms. The predicted octanol–water partition coefficient (Wildman–Crippen LogP) is 3.34. The summed E-state index contributed by atoms with van der Waals surface area (Å²) >= 11 is 0. The van der Waals surface area contributed by atoms with E-state index in [2.05, 4.69) is 14.9 Å². The van der Waals surface area contributed by atoms with Crippen molar-refractivity contribution in [1.82, 2.24) is 19.9 Å². The lowest BCUT2D eigenvalue weighted by atomic mass is 9.85. The van der Waals surface area contributed by atoms with Crippen molar-refractivity contribution in [2.24, 2.45) is 5.92 Å². The number of rotatable bonds is 9. The molecular formula is C28H33N5O4. The van der Waals surface area contributed by atoms with Gasteiger partial charge in [0, 0.05) is 43.4 Å². The molecule has 1 atom stereocenters. The summed E-state index contributed by atoms with van der Waals surface area (Å²) in [5.74, 6) is 0.986. The number of amides is 2. The third-order valence-electron chi connectivity index (χ3n) is 7.86. The molecule has 2 amide bonds. The van der Waals surface area contributed by atoms with Crippen molar-refractivity contribution in [3.8, 4) is 17.1 Å². The lowest BCUT2D eigenvalue weighted by molar-refractivity contribution is -0.122. The van der Waals surface area contributed by atoms with Gasteiger partial charge in [0.1, 0.15) is 5.52 Å². The van der Waals surface area contributed by atoms with Crippen LogP contribution in [0, 0.1) is 5.92 Å². The summed E-state index contributed by atoms with van der Waals surface area (Å²) in [7, 11) is 0. The Morgan fingerprint density at radius 2 is 2.05 bits per heavy atom. The predicted molar refractivity (Wildman–Crippen MR) is 140 cm³/mol. The molecule has 1 aromatic carbocycles. The average molecular weight is 504 g/mol. The van der Waals surface area contributed by atoms with E-state index in [1.807, 2.05) is 44.4 Å². The standard InChI is InChI=1S/C28H33N5O4/c1-28(2)20-7-4-18(13-23(20)32(27(28)36)9-3-10-34)21-14-22-25(33(16-30-22)19-5-6-19)26(31-21)37-11-8-17-12-24(35)29-15-17/h4,7,13-14,16-17,19,34H,3,5-6,8-12,15H2,1-2H3,(H,29,35)/t17-/m1/s1. The topological polar surface area (TPSA) is 110 Å². The van der Waals surface area contributed by atoms with Gasteiger partial charge in [-0.3, -0.25) is 9.59 Å². The molecule has 2 aromatic heterocycles. The van der Waals surface area contributed by atoms with Gasteiger partial charge in [0.15, 0.2) is 0 Å². The Morgan fingerprint density at radius 1 is 1.22 bits per heavy atom. The molecular weight excluding hydrogens is 470 g/mol. The van der Waals surface area contributed by atoms with Crippen LogP contribution in [0.1, 0.15) is 57.6 Å². The van der Waals surface area contributed by atoms with Crippen LogP contribution in [-0.2, 0) is 15.0 Å². The highest BCUT2D eigenvalue weighted by atomic mass is 16.5. The highest BCUT2D eigenvalue weighted by Crippen LogP contribution is 2.44. The van der Waals surface area contributed by atoms with Crippen molar-refractivity contribution in [2.45, 2.75) is 57.4 Å². The Labute approximate surface area is 215 Å². The lowest BCUT2D eigenvalue weighted by Gasteiger charge is -2.20. The van der Waals surface area contributed by atoms with Crippen LogP contribution in [0.15, 0.2) is 30.6 Å². The smallest absolute Gasteiger partial charge is 0.240 e. The number of aliphatic hydroxyl groups excluding tert-OH is 1. The average Bonchev–Trinajstić information content (AvgIpc) is 3.45. The third kappa shape index (κ3) is 4.25. The first kappa shape index (κ1) is 23.9. The molecule has 1 saturated carbocycles. The van der Waals surface area contributed by atoms with Crippen LogP contribution in [0.25, 0.3) is 22.3 Å². The second kappa shape index (κ2) is 9.13. The molecule has 194 valence electrons. The van der Waals surface area contributed by atoms with E-state index in [1.54, 1.807) is 4.90 Å². The maximum atomic E-state index is 13.2. The van der Waals surface area contributed by atoms with Gasteiger partial charge < -0.3 is 24.6 Å². The zero-order chi connectivity index (χ0) is 25.7. The molecule has 2 aliphatic heterocycles. The minimum atomic E-state index is -0.617. The molecule has 1 aliphatic carbocycles. The zero-order valence-electron chi connectivity index (χ0n) is 21.4. The quantitative estimate of drug-likeness (QED) is 0.464. The highest BCUT2D eigenvalue weighted by Gasteiger charge is 2.43. The summed E-state index contributed by atoms with van der Waals surface area (Å²) in [5.41, 5.74) is 4.60. The van der Waals surface area contributed by atoms with Crippen LogP contribution in [0.5, 0.6) is 5.88 Å². The summed E-state index contributed by atoms with van der Waals surface area (Å²) in [4.78, 5) is 36.1. The number of fused-ring (bicyclic) bond motifs is 2. The number of hydrogen-bond acceptors (Lipinski definition) is 6. The van der Waals surface area contributed by atoms with E-state index < -0.39 is 5.41 Å². The fraction of sp³-hybridized carbons (Fsp3) is 0.500. The van der Waals surface area contributed by atoms with Crippen molar-refractivity contribution >= 4 is 28.5 Å². The zero-order valence-corrected chi connectivity index (χ0v) is 21.4. The maximum Gasteiger partial charge on any atom is 0.240 e. The number of aromatic nitrogens is 3. The monoisotopic (exact) mass is 503 g/mol. The van der Waals surface area contributed by atoms with Crippen molar-refractivity contribution in [2.75, 3.05) is 31.2 Å². The fourth-order valence-electron chi connectivity index (χ4n) is 5.55. The summed E-state index contributed by atoms with van der Waals surface area (Å²) in [5, 5.41) is 12.2. The number of imidazole rings is 1. The van der Waals surface area contributed by atoms with Crippen LogP contribution < -0.4 is 15.0 Å². The molecule has 0 radical (unpaired) electrons. The molecule has 2 N–H and O–H groups in total. The van der Waals surface area contributed by atoms with Gasteiger partial charge in [0.05, 0.1) is 29.6 Å². The van der Waals surface area contributed by atoms with Gasteiger partial charge in [-0.1, -0.05) is 12.1 Å². The van der Waals surface area contributed by atoms with Crippen LogP contribution in [0.3, 0.4) is 0 Å². The number of carbonyl (C=O) groups is 2. The molecule has 2 fully saturated rings. The number of nitrogens with zero attached hydrogens (tertiary/aromatic N) is 4. The van der Waals surface area contributed by atoms with Crippen molar-refractivity contribution in [1.29, 1.82) is 0 Å². The molecule has 9 heteroatoms. The number of ether oxygens (including phenoxy) is 1. The number of hydrogen-bond donors (Lipinski definition) is 2. The van der Waals surface area contributed by atoms with Gasteiger partial charge in [0.2, 0.25) is 17.7 Å². The Morgan fingerprint density at radius 3 is 2.78 bits per heavy atom. The van der Waals surface area contributed by atoms with Gasteiger partial charge in [-0.15, -0.1) is 0 Å². The van der Waals surface area contributed by atoms with E-state index >= 15 is 0 Å². The van der Waals surface area contributed by atoms with E-state index in [0.717, 1.165) is 52.8 Å². The summed E-state index contributed by atoms with van der Waals surface area (Å²) in [6.45, 7) is 5.57. The molecule has 6 rings (SSSR count). The number of pyridine rings is 1. The normalized spacial score (nSPS) is 20.5. The SMILES string of the molecule is CC1(C)C(=O)N(CCCO)c2cc(-c3cc4ncn(C5CC5)c4c(OCC[C@H]4CNC(=O)C4)n3)ccc21.